The number of aromatic nitrogens is 1. The third-order valence-electron chi connectivity index (χ3n) is 4.52. The Balaban J connectivity index is 2.14. The molecule has 0 radical (unpaired) electrons. The molecule has 0 amide bonds. The van der Waals surface area contributed by atoms with Gasteiger partial charge < -0.3 is 14.1 Å². The molecule has 1 aromatic carbocycles. The molecule has 3 rings (SSSR count). The van der Waals surface area contributed by atoms with Crippen LogP contribution in [0.25, 0.3) is 22.2 Å². The first-order valence-electron chi connectivity index (χ1n) is 8.24. The van der Waals surface area contributed by atoms with Crippen molar-refractivity contribution in [2.24, 2.45) is 0 Å². The van der Waals surface area contributed by atoms with Crippen molar-refractivity contribution >= 4 is 22.9 Å². The Bertz CT molecular complexity index is 1030. The number of fused-ring (bicyclic) bond motifs is 1. The van der Waals surface area contributed by atoms with E-state index in [9.17, 15) is 9.59 Å². The number of carbonyl (C=O) groups is 1. The molecule has 2 heterocycles. The van der Waals surface area contributed by atoms with Gasteiger partial charge in [-0.25, -0.2) is 9.59 Å². The van der Waals surface area contributed by atoms with E-state index in [1.54, 1.807) is 24.9 Å². The van der Waals surface area contributed by atoms with Crippen molar-refractivity contribution in [3.05, 3.63) is 58.4 Å². The number of nitrogens with zero attached hydrogens (tertiary/aromatic N) is 2. The number of likely N-dealkylation sites (N-methyl/N-ethyl adjacent to an activating group) is 1. The molecule has 1 atom stereocenters. The molecule has 3 aromatic rings. The number of aryl methyl sites for hydroxylation is 1. The second kappa shape index (κ2) is 7.00. The minimum atomic E-state index is -0.517. The molecular formula is C20H20N2O4. The zero-order chi connectivity index (χ0) is 18.8. The molecule has 0 spiro atoms. The zero-order valence-corrected chi connectivity index (χ0v) is 15.1. The summed E-state index contributed by atoms with van der Waals surface area (Å²) in [5.74, 6) is 0.144. The van der Waals surface area contributed by atoms with E-state index in [4.69, 9.17) is 9.15 Å². The molecule has 0 saturated carbocycles. The highest BCUT2D eigenvalue weighted by Gasteiger charge is 2.21. The standard InChI is InChI=1S/C20H20N2O4/c1-12-7-5-6-8-14(12)16-11-18(23)26-19-15(16)9-10-17(21-19)22(3)13(2)20(24)25-4/h5-11,13H,1-4H3. The predicted molar refractivity (Wildman–Crippen MR) is 100 cm³/mol. The molecule has 6 nitrogen and oxygen atoms in total. The number of ether oxygens (including phenoxy) is 1. The van der Waals surface area contributed by atoms with Crippen LogP contribution >= 0.6 is 0 Å². The van der Waals surface area contributed by atoms with Gasteiger partial charge in [0.05, 0.1) is 7.11 Å². The fourth-order valence-electron chi connectivity index (χ4n) is 2.86. The minimum absolute atomic E-state index is 0.233. The lowest BCUT2D eigenvalue weighted by atomic mass is 9.99. The highest BCUT2D eigenvalue weighted by Crippen LogP contribution is 2.30. The van der Waals surface area contributed by atoms with Gasteiger partial charge in [0.25, 0.3) is 0 Å². The fraction of sp³-hybridized carbons (Fsp3) is 0.250. The van der Waals surface area contributed by atoms with Crippen LogP contribution in [0.15, 0.2) is 51.7 Å². The SMILES string of the molecule is COC(=O)C(C)N(C)c1ccc2c(-c3ccccc3C)cc(=O)oc2n1. The molecule has 6 heteroatoms. The molecule has 134 valence electrons. The maximum absolute atomic E-state index is 12.1. The normalized spacial score (nSPS) is 12.0. The molecule has 0 aliphatic rings. The Kier molecular flexibility index (Phi) is 4.75. The zero-order valence-electron chi connectivity index (χ0n) is 15.1. The van der Waals surface area contributed by atoms with Crippen molar-refractivity contribution in [1.82, 2.24) is 4.98 Å². The summed E-state index contributed by atoms with van der Waals surface area (Å²) in [7, 11) is 3.08. The van der Waals surface area contributed by atoms with E-state index >= 15 is 0 Å². The van der Waals surface area contributed by atoms with E-state index in [-0.39, 0.29) is 11.7 Å². The third-order valence-corrected chi connectivity index (χ3v) is 4.52. The van der Waals surface area contributed by atoms with Crippen LogP contribution in [0.3, 0.4) is 0 Å². The van der Waals surface area contributed by atoms with Gasteiger partial charge >= 0.3 is 11.6 Å². The van der Waals surface area contributed by atoms with Crippen LogP contribution in [0.1, 0.15) is 12.5 Å². The first-order valence-corrected chi connectivity index (χ1v) is 8.24. The van der Waals surface area contributed by atoms with Crippen molar-refractivity contribution in [2.45, 2.75) is 19.9 Å². The number of esters is 1. The van der Waals surface area contributed by atoms with Gasteiger partial charge in [0.2, 0.25) is 5.71 Å². The van der Waals surface area contributed by atoms with Gasteiger partial charge in [0, 0.05) is 24.1 Å². The number of methoxy groups -OCH3 is 1. The first-order chi connectivity index (χ1) is 12.4. The third kappa shape index (κ3) is 3.18. The number of rotatable bonds is 4. The van der Waals surface area contributed by atoms with E-state index < -0.39 is 11.7 Å². The van der Waals surface area contributed by atoms with E-state index in [2.05, 4.69) is 4.98 Å². The van der Waals surface area contributed by atoms with Crippen molar-refractivity contribution in [3.63, 3.8) is 0 Å². The number of anilines is 1. The molecule has 0 bridgehead atoms. The topological polar surface area (TPSA) is 72.6 Å². The molecule has 0 saturated heterocycles. The number of benzene rings is 1. The summed E-state index contributed by atoms with van der Waals surface area (Å²) >= 11 is 0. The van der Waals surface area contributed by atoms with Crippen LogP contribution in [0.5, 0.6) is 0 Å². The Labute approximate surface area is 151 Å². The largest absolute Gasteiger partial charge is 0.467 e. The van der Waals surface area contributed by atoms with E-state index in [0.717, 1.165) is 22.1 Å². The number of hydrogen-bond donors (Lipinski definition) is 0. The van der Waals surface area contributed by atoms with E-state index in [1.165, 1.54) is 13.2 Å². The first kappa shape index (κ1) is 17.7. The van der Waals surface area contributed by atoms with Crippen LogP contribution < -0.4 is 10.5 Å². The number of carbonyl (C=O) groups excluding carboxylic acids is 1. The molecular weight excluding hydrogens is 332 g/mol. The second-order valence-electron chi connectivity index (χ2n) is 6.13. The molecule has 26 heavy (non-hydrogen) atoms. The van der Waals surface area contributed by atoms with Gasteiger partial charge in [-0.2, -0.15) is 4.98 Å². The van der Waals surface area contributed by atoms with Crippen molar-refractivity contribution in [3.8, 4) is 11.1 Å². The smallest absolute Gasteiger partial charge is 0.338 e. The molecule has 0 N–H and O–H groups in total. The fourth-order valence-corrected chi connectivity index (χ4v) is 2.86. The maximum Gasteiger partial charge on any atom is 0.338 e. The van der Waals surface area contributed by atoms with Crippen molar-refractivity contribution < 1.29 is 13.9 Å². The summed E-state index contributed by atoms with van der Waals surface area (Å²) < 4.78 is 10.1. The second-order valence-corrected chi connectivity index (χ2v) is 6.13. The minimum Gasteiger partial charge on any atom is -0.467 e. The average Bonchev–Trinajstić information content (AvgIpc) is 2.65. The molecule has 0 aliphatic heterocycles. The van der Waals surface area contributed by atoms with Crippen molar-refractivity contribution in [2.75, 3.05) is 19.1 Å². The average molecular weight is 352 g/mol. The maximum atomic E-state index is 12.1. The Hall–Kier alpha value is -3.15. The lowest BCUT2D eigenvalue weighted by Gasteiger charge is -2.23. The summed E-state index contributed by atoms with van der Waals surface area (Å²) in [6, 6.07) is 12.4. The van der Waals surface area contributed by atoms with Gasteiger partial charge in [-0.05, 0) is 37.1 Å². The highest BCUT2D eigenvalue weighted by molar-refractivity contribution is 5.93. The quantitative estimate of drug-likeness (QED) is 0.672. The van der Waals surface area contributed by atoms with Gasteiger partial charge in [-0.1, -0.05) is 24.3 Å². The van der Waals surface area contributed by atoms with Crippen LogP contribution in [0.2, 0.25) is 0 Å². The van der Waals surface area contributed by atoms with Crippen LogP contribution in [0, 0.1) is 6.92 Å². The summed E-state index contributed by atoms with van der Waals surface area (Å²) in [5.41, 5.74) is 2.55. The van der Waals surface area contributed by atoms with Crippen molar-refractivity contribution in [1.29, 1.82) is 0 Å². The number of pyridine rings is 1. The Morgan fingerprint density at radius 3 is 2.62 bits per heavy atom. The Morgan fingerprint density at radius 2 is 1.92 bits per heavy atom. The van der Waals surface area contributed by atoms with E-state index in [0.29, 0.717) is 5.82 Å². The summed E-state index contributed by atoms with van der Waals surface area (Å²) in [4.78, 5) is 29.9. The van der Waals surface area contributed by atoms with Gasteiger partial charge in [0.1, 0.15) is 11.9 Å². The van der Waals surface area contributed by atoms with Gasteiger partial charge in [-0.3, -0.25) is 0 Å². The lowest BCUT2D eigenvalue weighted by Crippen LogP contribution is -2.37. The van der Waals surface area contributed by atoms with Crippen LogP contribution in [0.4, 0.5) is 5.82 Å². The molecule has 0 fully saturated rings. The monoisotopic (exact) mass is 352 g/mol. The van der Waals surface area contributed by atoms with Gasteiger partial charge in [-0.15, -0.1) is 0 Å². The molecule has 1 unspecified atom stereocenters. The summed E-state index contributed by atoms with van der Waals surface area (Å²) in [6.07, 6.45) is 0. The molecule has 2 aromatic heterocycles. The van der Waals surface area contributed by atoms with Crippen LogP contribution in [-0.4, -0.2) is 31.2 Å². The Morgan fingerprint density at radius 1 is 1.19 bits per heavy atom. The summed E-state index contributed by atoms with van der Waals surface area (Å²) in [5, 5.41) is 0.738. The predicted octanol–water partition coefficient (Wildman–Crippen LogP) is 3.16. The molecule has 0 aliphatic carbocycles. The highest BCUT2D eigenvalue weighted by atomic mass is 16.5. The van der Waals surface area contributed by atoms with Gasteiger partial charge in [0.15, 0.2) is 0 Å². The summed E-state index contributed by atoms with van der Waals surface area (Å²) in [6.45, 7) is 3.71. The number of hydrogen-bond acceptors (Lipinski definition) is 6. The lowest BCUT2D eigenvalue weighted by molar-refractivity contribution is -0.141. The van der Waals surface area contributed by atoms with Crippen LogP contribution in [-0.2, 0) is 9.53 Å². The van der Waals surface area contributed by atoms with E-state index in [1.807, 2.05) is 37.3 Å².